The smallest absolute Gasteiger partial charge is 0.359 e. The first-order valence-corrected chi connectivity index (χ1v) is 8.48. The predicted molar refractivity (Wildman–Crippen MR) is 94.8 cm³/mol. The molecule has 3 heterocycles. The Labute approximate surface area is 146 Å². The van der Waals surface area contributed by atoms with Gasteiger partial charge in [0.2, 0.25) is 5.82 Å². The summed E-state index contributed by atoms with van der Waals surface area (Å²) in [7, 11) is 0. The molecule has 9 heteroatoms. The van der Waals surface area contributed by atoms with Gasteiger partial charge in [-0.3, -0.25) is 4.68 Å². The summed E-state index contributed by atoms with van der Waals surface area (Å²) >= 11 is 1.36. The van der Waals surface area contributed by atoms with E-state index in [1.165, 1.54) is 15.7 Å². The van der Waals surface area contributed by atoms with Gasteiger partial charge in [-0.05, 0) is 22.1 Å². The van der Waals surface area contributed by atoms with Crippen molar-refractivity contribution in [1.29, 1.82) is 0 Å². The number of imidazole rings is 1. The number of nitro groups is 1. The first-order chi connectivity index (χ1) is 12.2. The molecule has 8 nitrogen and oxygen atoms in total. The van der Waals surface area contributed by atoms with Gasteiger partial charge >= 0.3 is 5.82 Å². The average molecular weight is 354 g/mol. The van der Waals surface area contributed by atoms with Crippen molar-refractivity contribution < 1.29 is 4.92 Å². The summed E-state index contributed by atoms with van der Waals surface area (Å²) in [5.41, 5.74) is 2.14. The summed E-state index contributed by atoms with van der Waals surface area (Å²) in [5, 5.41) is 20.5. The van der Waals surface area contributed by atoms with Crippen molar-refractivity contribution in [2.24, 2.45) is 0 Å². The minimum atomic E-state index is -0.412. The topological polar surface area (TPSA) is 90.3 Å². The zero-order chi connectivity index (χ0) is 17.2. The Morgan fingerprint density at radius 2 is 2.04 bits per heavy atom. The highest BCUT2D eigenvalue weighted by Crippen LogP contribution is 2.28. The minimum absolute atomic E-state index is 0.0409. The van der Waals surface area contributed by atoms with Gasteiger partial charge in [0.15, 0.2) is 0 Å². The fourth-order valence-corrected chi connectivity index (χ4v) is 3.41. The largest absolute Gasteiger partial charge is 0.372 e. The molecule has 0 unspecified atom stereocenters. The number of nitrogens with zero attached hydrogens (tertiary/aromatic N) is 5. The van der Waals surface area contributed by atoms with Gasteiger partial charge in [0, 0.05) is 24.3 Å². The predicted octanol–water partition coefficient (Wildman–Crippen LogP) is 3.16. The molecule has 4 rings (SSSR count). The Hall–Kier alpha value is -3.20. The molecular formula is C16H14N6O2S. The van der Waals surface area contributed by atoms with E-state index in [1.807, 2.05) is 41.2 Å². The summed E-state index contributed by atoms with van der Waals surface area (Å²) in [6.45, 7) is 1.09. The van der Waals surface area contributed by atoms with E-state index in [4.69, 9.17) is 0 Å². The van der Waals surface area contributed by atoms with Crippen LogP contribution in [-0.2, 0) is 13.1 Å². The van der Waals surface area contributed by atoms with Gasteiger partial charge < -0.3 is 15.4 Å². The molecule has 0 aliphatic rings. The zero-order valence-corrected chi connectivity index (χ0v) is 13.9. The van der Waals surface area contributed by atoms with Gasteiger partial charge in [0.05, 0.1) is 6.54 Å². The molecule has 0 atom stereocenters. The Balaban J connectivity index is 1.59. The second-order valence-corrected chi connectivity index (χ2v) is 6.30. The quantitative estimate of drug-likeness (QED) is 0.424. The molecule has 126 valence electrons. The molecule has 0 spiro atoms. The highest BCUT2D eigenvalue weighted by Gasteiger charge is 2.23. The second-order valence-electron chi connectivity index (χ2n) is 5.42. The lowest BCUT2D eigenvalue weighted by Gasteiger charge is -2.10. The molecule has 0 fully saturated rings. The third-order valence-electron chi connectivity index (χ3n) is 3.87. The molecule has 3 aromatic heterocycles. The van der Waals surface area contributed by atoms with Crippen molar-refractivity contribution >= 4 is 27.9 Å². The van der Waals surface area contributed by atoms with Gasteiger partial charge in [0.1, 0.15) is 6.20 Å². The molecular weight excluding hydrogens is 340 g/mol. The number of fused-ring (bicyclic) bond motifs is 1. The summed E-state index contributed by atoms with van der Waals surface area (Å²) in [6.07, 6.45) is 5.29. The molecule has 4 aromatic rings. The Kier molecular flexibility index (Phi) is 3.90. The van der Waals surface area contributed by atoms with Gasteiger partial charge in [-0.15, -0.1) is 0 Å². The third-order valence-corrected chi connectivity index (χ3v) is 4.62. The number of aromatic nitrogens is 4. The van der Waals surface area contributed by atoms with Crippen LogP contribution in [0.5, 0.6) is 0 Å². The molecule has 1 N–H and O–H groups in total. The van der Waals surface area contributed by atoms with Gasteiger partial charge in [-0.25, -0.2) is 0 Å². The minimum Gasteiger partial charge on any atom is -0.359 e. The van der Waals surface area contributed by atoms with Gasteiger partial charge in [0.25, 0.3) is 4.96 Å². The highest BCUT2D eigenvalue weighted by molar-refractivity contribution is 7.15. The van der Waals surface area contributed by atoms with Crippen LogP contribution in [0, 0.1) is 10.1 Å². The number of anilines is 1. The maximum absolute atomic E-state index is 11.4. The van der Waals surface area contributed by atoms with E-state index >= 15 is 0 Å². The number of nitrogens with one attached hydrogen (secondary N) is 1. The summed E-state index contributed by atoms with van der Waals surface area (Å²) in [4.78, 5) is 15.9. The van der Waals surface area contributed by atoms with Crippen LogP contribution in [0.4, 0.5) is 11.6 Å². The highest BCUT2D eigenvalue weighted by atomic mass is 32.1. The average Bonchev–Trinajstić information content (AvgIpc) is 3.30. The first kappa shape index (κ1) is 15.3. The first-order valence-electron chi connectivity index (χ1n) is 7.60. The van der Waals surface area contributed by atoms with Crippen LogP contribution in [0.15, 0.2) is 54.3 Å². The van der Waals surface area contributed by atoms with Crippen molar-refractivity contribution in [3.63, 3.8) is 0 Å². The van der Waals surface area contributed by atoms with E-state index in [2.05, 4.69) is 15.4 Å². The lowest BCUT2D eigenvalue weighted by molar-refractivity contribution is -0.389. The maximum atomic E-state index is 11.4. The Morgan fingerprint density at radius 3 is 2.80 bits per heavy atom. The van der Waals surface area contributed by atoms with Gasteiger partial charge in [-0.2, -0.15) is 14.5 Å². The number of thiazole rings is 1. The monoisotopic (exact) mass is 354 g/mol. The molecule has 25 heavy (non-hydrogen) atoms. The van der Waals surface area contributed by atoms with E-state index in [0.717, 1.165) is 11.1 Å². The van der Waals surface area contributed by atoms with Crippen molar-refractivity contribution in [2.75, 3.05) is 5.32 Å². The number of hydrogen-bond donors (Lipinski definition) is 1. The molecule has 0 saturated carbocycles. The van der Waals surface area contributed by atoms with Crippen LogP contribution in [0.1, 0.15) is 11.1 Å². The summed E-state index contributed by atoms with van der Waals surface area (Å²) in [6, 6.07) is 9.82. The SMILES string of the molecule is O=[N+]([O-])c1c(NCc2ccccc2Cn2cccn2)nc2sccn12. The van der Waals surface area contributed by atoms with E-state index in [0.29, 0.717) is 18.1 Å². The fourth-order valence-electron chi connectivity index (χ4n) is 2.70. The molecule has 1 aromatic carbocycles. The molecule has 0 saturated heterocycles. The lowest BCUT2D eigenvalue weighted by Crippen LogP contribution is -2.08. The van der Waals surface area contributed by atoms with Crippen LogP contribution in [0.3, 0.4) is 0 Å². The van der Waals surface area contributed by atoms with E-state index in [-0.39, 0.29) is 11.6 Å². The van der Waals surface area contributed by atoms with Crippen molar-refractivity contribution in [2.45, 2.75) is 13.1 Å². The Morgan fingerprint density at radius 1 is 1.20 bits per heavy atom. The maximum Gasteiger partial charge on any atom is 0.372 e. The normalized spacial score (nSPS) is 11.0. The third kappa shape index (κ3) is 2.96. The van der Waals surface area contributed by atoms with Gasteiger partial charge in [-0.1, -0.05) is 35.6 Å². The zero-order valence-electron chi connectivity index (χ0n) is 13.1. The van der Waals surface area contributed by atoms with Crippen molar-refractivity contribution in [3.8, 4) is 0 Å². The molecule has 0 aliphatic heterocycles. The lowest BCUT2D eigenvalue weighted by atomic mass is 10.1. The van der Waals surface area contributed by atoms with Crippen LogP contribution < -0.4 is 5.32 Å². The standard InChI is InChI=1S/C16H14N6O2S/c23-22(24)15-14(19-16-21(15)8-9-25-16)17-10-12-4-1-2-5-13(12)11-20-7-3-6-18-20/h1-9,17H,10-11H2. The van der Waals surface area contributed by atoms with Crippen molar-refractivity contribution in [1.82, 2.24) is 19.2 Å². The molecule has 0 bridgehead atoms. The summed E-state index contributed by atoms with van der Waals surface area (Å²) in [5.74, 6) is 0.242. The number of rotatable bonds is 6. The molecule has 0 amide bonds. The van der Waals surface area contributed by atoms with E-state index < -0.39 is 4.92 Å². The van der Waals surface area contributed by atoms with Crippen LogP contribution in [0.2, 0.25) is 0 Å². The molecule has 0 radical (unpaired) electrons. The Bertz CT molecular complexity index is 1020. The van der Waals surface area contributed by atoms with Crippen LogP contribution in [0.25, 0.3) is 4.96 Å². The van der Waals surface area contributed by atoms with E-state index in [1.54, 1.807) is 17.8 Å². The summed E-state index contributed by atoms with van der Waals surface area (Å²) < 4.78 is 3.33. The van der Waals surface area contributed by atoms with Crippen LogP contribution in [-0.4, -0.2) is 24.1 Å². The fraction of sp³-hybridized carbons (Fsp3) is 0.125. The van der Waals surface area contributed by atoms with E-state index in [9.17, 15) is 10.1 Å². The molecule has 0 aliphatic carbocycles. The van der Waals surface area contributed by atoms with Crippen LogP contribution >= 0.6 is 11.3 Å². The number of benzene rings is 1. The van der Waals surface area contributed by atoms with Crippen molar-refractivity contribution in [3.05, 3.63) is 75.5 Å². The second kappa shape index (κ2) is 6.36. The number of hydrogen-bond acceptors (Lipinski definition) is 6.